The van der Waals surface area contributed by atoms with Crippen molar-refractivity contribution in [3.63, 3.8) is 0 Å². The molecule has 0 aliphatic heterocycles. The molecule has 5 nitrogen and oxygen atoms in total. The van der Waals surface area contributed by atoms with Gasteiger partial charge in [0.1, 0.15) is 5.52 Å². The third-order valence-electron chi connectivity index (χ3n) is 3.88. The lowest BCUT2D eigenvalue weighted by Gasteiger charge is -2.13. The van der Waals surface area contributed by atoms with Gasteiger partial charge in [-0.25, -0.2) is 18.4 Å². The van der Waals surface area contributed by atoms with Gasteiger partial charge in [0.2, 0.25) is 0 Å². The second-order valence-electron chi connectivity index (χ2n) is 7.59. The Hall–Kier alpha value is -1.16. The van der Waals surface area contributed by atoms with Crippen LogP contribution in [0.4, 0.5) is 0 Å². The standard InChI is InChI=1S/C20H24N2O3S4/c1-20(2,3)28-19-22-15-8-6-13(10-16(15)25-19)11-18(26-4)27-17-9-7-14(12-21-17)29(5,23)24/h6-10,12,18H,11H2,1-5H3. The van der Waals surface area contributed by atoms with Crippen LogP contribution in [0.25, 0.3) is 11.1 Å². The van der Waals surface area contributed by atoms with Crippen LogP contribution in [0.1, 0.15) is 26.3 Å². The van der Waals surface area contributed by atoms with Crippen LogP contribution in [0.2, 0.25) is 0 Å². The third kappa shape index (κ3) is 6.41. The number of fused-ring (bicyclic) bond motifs is 1. The van der Waals surface area contributed by atoms with Crippen molar-refractivity contribution in [3.05, 3.63) is 42.1 Å². The van der Waals surface area contributed by atoms with Crippen molar-refractivity contribution < 1.29 is 12.8 Å². The highest BCUT2D eigenvalue weighted by molar-refractivity contribution is 8.16. The van der Waals surface area contributed by atoms with Crippen LogP contribution >= 0.6 is 35.3 Å². The van der Waals surface area contributed by atoms with Gasteiger partial charge in [0.05, 0.1) is 14.5 Å². The number of pyridine rings is 1. The van der Waals surface area contributed by atoms with Gasteiger partial charge in [0.25, 0.3) is 5.22 Å². The molecular formula is C20H24N2O3S4. The summed E-state index contributed by atoms with van der Waals surface area (Å²) in [6.45, 7) is 6.40. The molecule has 156 valence electrons. The van der Waals surface area contributed by atoms with E-state index in [9.17, 15) is 8.42 Å². The summed E-state index contributed by atoms with van der Waals surface area (Å²) in [5.74, 6) is 0. The molecule has 0 saturated carbocycles. The van der Waals surface area contributed by atoms with E-state index in [1.54, 1.807) is 47.4 Å². The first-order valence-corrected chi connectivity index (χ1v) is 13.8. The predicted octanol–water partition coefficient (Wildman–Crippen LogP) is 5.54. The Kier molecular flexibility index (Phi) is 6.92. The molecule has 3 rings (SSSR count). The molecule has 1 atom stereocenters. The molecule has 0 N–H and O–H groups in total. The van der Waals surface area contributed by atoms with Crippen LogP contribution in [0.3, 0.4) is 0 Å². The Bertz CT molecular complexity index is 1090. The van der Waals surface area contributed by atoms with E-state index in [0.717, 1.165) is 22.5 Å². The van der Waals surface area contributed by atoms with Gasteiger partial charge in [0.15, 0.2) is 15.4 Å². The number of oxazole rings is 1. The number of aromatic nitrogens is 2. The van der Waals surface area contributed by atoms with Gasteiger partial charge in [-0.05, 0) is 42.5 Å². The van der Waals surface area contributed by atoms with E-state index in [4.69, 9.17) is 4.42 Å². The Labute approximate surface area is 184 Å². The van der Waals surface area contributed by atoms with Crippen molar-refractivity contribution in [1.82, 2.24) is 9.97 Å². The van der Waals surface area contributed by atoms with E-state index < -0.39 is 9.84 Å². The fourth-order valence-corrected chi connectivity index (χ4v) is 5.74. The lowest BCUT2D eigenvalue weighted by atomic mass is 10.1. The number of hydrogen-bond acceptors (Lipinski definition) is 8. The summed E-state index contributed by atoms with van der Waals surface area (Å²) >= 11 is 4.99. The molecule has 1 unspecified atom stereocenters. The van der Waals surface area contributed by atoms with Crippen molar-refractivity contribution in [2.45, 2.75) is 51.7 Å². The van der Waals surface area contributed by atoms with Gasteiger partial charge in [-0.1, -0.05) is 50.4 Å². The van der Waals surface area contributed by atoms with Crippen molar-refractivity contribution in [1.29, 1.82) is 0 Å². The highest BCUT2D eigenvalue weighted by Gasteiger charge is 2.18. The average Bonchev–Trinajstić information content (AvgIpc) is 3.00. The number of nitrogens with zero attached hydrogens (tertiary/aromatic N) is 2. The highest BCUT2D eigenvalue weighted by Crippen LogP contribution is 2.35. The molecule has 0 amide bonds. The molecule has 0 fully saturated rings. The normalized spacial score (nSPS) is 13.7. The molecule has 0 aliphatic rings. The summed E-state index contributed by atoms with van der Waals surface area (Å²) in [4.78, 5) is 9.10. The predicted molar refractivity (Wildman–Crippen MR) is 124 cm³/mol. The van der Waals surface area contributed by atoms with Crippen LogP contribution in [-0.4, -0.2) is 40.2 Å². The molecule has 2 heterocycles. The minimum Gasteiger partial charge on any atom is -0.431 e. The highest BCUT2D eigenvalue weighted by atomic mass is 32.2. The van der Waals surface area contributed by atoms with E-state index in [1.165, 1.54) is 18.0 Å². The quantitative estimate of drug-likeness (QED) is 0.330. The molecule has 0 saturated heterocycles. The van der Waals surface area contributed by atoms with E-state index in [-0.39, 0.29) is 14.2 Å². The van der Waals surface area contributed by atoms with E-state index in [2.05, 4.69) is 49.1 Å². The fourth-order valence-electron chi connectivity index (χ4n) is 2.54. The minimum absolute atomic E-state index is 0.0456. The summed E-state index contributed by atoms with van der Waals surface area (Å²) in [7, 11) is -3.23. The maximum absolute atomic E-state index is 11.6. The summed E-state index contributed by atoms with van der Waals surface area (Å²) in [5, 5.41) is 1.50. The zero-order valence-corrected chi connectivity index (χ0v) is 20.3. The lowest BCUT2D eigenvalue weighted by Crippen LogP contribution is -2.06. The minimum atomic E-state index is -3.23. The molecular weight excluding hydrogens is 444 g/mol. The maximum atomic E-state index is 11.6. The first kappa shape index (κ1) is 22.5. The summed E-state index contributed by atoms with van der Waals surface area (Å²) in [6.07, 6.45) is 5.50. The zero-order chi connectivity index (χ0) is 21.2. The van der Waals surface area contributed by atoms with Crippen LogP contribution in [-0.2, 0) is 16.3 Å². The van der Waals surface area contributed by atoms with Gasteiger partial charge in [-0.15, -0.1) is 0 Å². The maximum Gasteiger partial charge on any atom is 0.257 e. The van der Waals surface area contributed by atoms with Gasteiger partial charge < -0.3 is 4.42 Å². The van der Waals surface area contributed by atoms with E-state index in [1.807, 2.05) is 6.07 Å². The smallest absolute Gasteiger partial charge is 0.257 e. The van der Waals surface area contributed by atoms with Crippen molar-refractivity contribution in [2.24, 2.45) is 0 Å². The molecule has 2 aromatic heterocycles. The molecule has 29 heavy (non-hydrogen) atoms. The van der Waals surface area contributed by atoms with Gasteiger partial charge in [0, 0.05) is 17.2 Å². The second kappa shape index (κ2) is 8.91. The first-order chi connectivity index (χ1) is 13.5. The summed E-state index contributed by atoms with van der Waals surface area (Å²) < 4.78 is 29.4. The fraction of sp³-hybridized carbons (Fsp3) is 0.400. The van der Waals surface area contributed by atoms with Crippen LogP contribution in [0.5, 0.6) is 0 Å². The SMILES string of the molecule is CSC(Cc1ccc2nc(SC(C)(C)C)oc2c1)Sc1ccc(S(C)(=O)=O)cn1. The Balaban J connectivity index is 1.72. The zero-order valence-electron chi connectivity index (χ0n) is 17.0. The Morgan fingerprint density at radius 2 is 1.93 bits per heavy atom. The largest absolute Gasteiger partial charge is 0.431 e. The molecule has 9 heteroatoms. The number of sulfone groups is 1. The van der Waals surface area contributed by atoms with Crippen molar-refractivity contribution in [2.75, 3.05) is 12.5 Å². The Morgan fingerprint density at radius 3 is 2.52 bits per heavy atom. The third-order valence-corrected chi connectivity index (χ3v) is 8.41. The number of rotatable bonds is 7. The van der Waals surface area contributed by atoms with E-state index >= 15 is 0 Å². The van der Waals surface area contributed by atoms with Crippen LogP contribution in [0.15, 0.2) is 56.1 Å². The summed E-state index contributed by atoms with van der Waals surface area (Å²) in [5.41, 5.74) is 2.84. The average molecular weight is 469 g/mol. The Morgan fingerprint density at radius 1 is 1.17 bits per heavy atom. The number of benzene rings is 1. The van der Waals surface area contributed by atoms with Crippen LogP contribution in [0, 0.1) is 0 Å². The topological polar surface area (TPSA) is 73.1 Å². The van der Waals surface area contributed by atoms with Crippen molar-refractivity contribution in [3.8, 4) is 0 Å². The van der Waals surface area contributed by atoms with E-state index in [0.29, 0.717) is 5.22 Å². The monoisotopic (exact) mass is 468 g/mol. The van der Waals surface area contributed by atoms with Crippen molar-refractivity contribution >= 4 is 56.2 Å². The van der Waals surface area contributed by atoms with Crippen LogP contribution < -0.4 is 0 Å². The molecule has 0 aliphatic carbocycles. The molecule has 0 bridgehead atoms. The summed E-state index contributed by atoms with van der Waals surface area (Å²) in [6, 6.07) is 9.51. The van der Waals surface area contributed by atoms with Gasteiger partial charge in [-0.2, -0.15) is 11.8 Å². The molecule has 0 spiro atoms. The molecule has 3 aromatic rings. The lowest BCUT2D eigenvalue weighted by molar-refractivity contribution is 0.486. The molecule has 1 aromatic carbocycles. The van der Waals surface area contributed by atoms with Gasteiger partial charge >= 0.3 is 0 Å². The second-order valence-corrected chi connectivity index (χ2v) is 13.9. The van der Waals surface area contributed by atoms with Gasteiger partial charge in [-0.3, -0.25) is 0 Å². The first-order valence-electron chi connectivity index (χ1n) is 8.97. The number of hydrogen-bond donors (Lipinski definition) is 0. The molecule has 0 radical (unpaired) electrons. The number of thioether (sulfide) groups is 3.